The highest BCUT2D eigenvalue weighted by Crippen LogP contribution is 2.17. The van der Waals surface area contributed by atoms with Gasteiger partial charge in [-0.3, -0.25) is 4.79 Å². The fourth-order valence-corrected chi connectivity index (χ4v) is 2.54. The molecule has 1 aromatic heterocycles. The Hall–Kier alpha value is -2.18. The molecule has 0 saturated carbocycles. The predicted molar refractivity (Wildman–Crippen MR) is 82.0 cm³/mol. The van der Waals surface area contributed by atoms with Crippen LogP contribution in [0.1, 0.15) is 16.9 Å². The van der Waals surface area contributed by atoms with E-state index in [9.17, 15) is 4.79 Å². The Morgan fingerprint density at radius 2 is 2.32 bits per heavy atom. The first-order valence-electron chi connectivity index (χ1n) is 6.94. The Kier molecular flexibility index (Phi) is 4.22. The topological polar surface area (TPSA) is 80.0 Å². The first-order valence-corrected chi connectivity index (χ1v) is 7.32. The average Bonchev–Trinajstić information content (AvgIpc) is 3.16. The third kappa shape index (κ3) is 3.18. The molecule has 1 aromatic carbocycles. The Morgan fingerprint density at radius 1 is 1.45 bits per heavy atom. The lowest BCUT2D eigenvalue weighted by atomic mass is 10.1. The number of carbonyl (C=O) groups excluding carboxylic acids is 1. The van der Waals surface area contributed by atoms with E-state index in [0.717, 1.165) is 0 Å². The summed E-state index contributed by atoms with van der Waals surface area (Å²) in [5.41, 5.74) is 0.925. The summed E-state index contributed by atoms with van der Waals surface area (Å²) < 4.78 is 0. The quantitative estimate of drug-likeness (QED) is 0.839. The van der Waals surface area contributed by atoms with Crippen molar-refractivity contribution in [3.8, 4) is 5.69 Å². The van der Waals surface area contributed by atoms with Gasteiger partial charge in [-0.25, -0.2) is 0 Å². The Bertz CT molecular complexity index is 713. The minimum absolute atomic E-state index is 0.0824. The summed E-state index contributed by atoms with van der Waals surface area (Å²) in [5, 5.41) is 20.8. The van der Waals surface area contributed by atoms with Crippen molar-refractivity contribution in [3.63, 3.8) is 0 Å². The van der Waals surface area contributed by atoms with Crippen LogP contribution in [0, 0.1) is 5.92 Å². The molecule has 1 amide bonds. The molecule has 6 nitrogen and oxygen atoms in total. The molecule has 0 unspecified atom stereocenters. The van der Waals surface area contributed by atoms with Gasteiger partial charge in [0.15, 0.2) is 5.69 Å². The molecule has 0 aliphatic heterocycles. The van der Waals surface area contributed by atoms with Gasteiger partial charge < -0.3 is 10.4 Å². The van der Waals surface area contributed by atoms with E-state index >= 15 is 0 Å². The lowest BCUT2D eigenvalue weighted by Gasteiger charge is -2.11. The zero-order valence-corrected chi connectivity index (χ0v) is 12.4. The molecule has 114 valence electrons. The Labute approximate surface area is 132 Å². The average molecular weight is 319 g/mol. The number of aromatic nitrogens is 3. The first-order chi connectivity index (χ1) is 10.7. The van der Waals surface area contributed by atoms with E-state index in [2.05, 4.69) is 15.5 Å². The summed E-state index contributed by atoms with van der Waals surface area (Å²) >= 11 is 5.93. The normalized spacial score (nSPS) is 20.3. The number of hydrogen-bond acceptors (Lipinski definition) is 4. The van der Waals surface area contributed by atoms with Crippen LogP contribution in [0.5, 0.6) is 0 Å². The van der Waals surface area contributed by atoms with E-state index in [1.807, 2.05) is 12.2 Å². The van der Waals surface area contributed by atoms with E-state index in [4.69, 9.17) is 16.7 Å². The summed E-state index contributed by atoms with van der Waals surface area (Å²) in [7, 11) is 0. The molecule has 2 atom stereocenters. The van der Waals surface area contributed by atoms with Gasteiger partial charge in [0.25, 0.3) is 5.91 Å². The molecule has 0 fully saturated rings. The van der Waals surface area contributed by atoms with E-state index in [1.165, 1.54) is 11.0 Å². The zero-order valence-electron chi connectivity index (χ0n) is 11.7. The molecule has 7 heteroatoms. The lowest BCUT2D eigenvalue weighted by Crippen LogP contribution is -2.33. The van der Waals surface area contributed by atoms with Gasteiger partial charge in [0, 0.05) is 23.6 Å². The van der Waals surface area contributed by atoms with Gasteiger partial charge in [0.05, 0.1) is 11.9 Å². The van der Waals surface area contributed by atoms with Gasteiger partial charge in [-0.1, -0.05) is 29.8 Å². The molecule has 1 heterocycles. The van der Waals surface area contributed by atoms with Crippen LogP contribution in [0.15, 0.2) is 42.6 Å². The molecule has 0 radical (unpaired) electrons. The summed E-state index contributed by atoms with van der Waals surface area (Å²) in [5.74, 6) is -0.186. The number of aliphatic hydroxyl groups excluding tert-OH is 1. The number of hydrogen-bond donors (Lipinski definition) is 2. The number of rotatable bonds is 4. The maximum Gasteiger partial charge on any atom is 0.273 e. The van der Waals surface area contributed by atoms with Crippen LogP contribution in [-0.2, 0) is 0 Å². The smallest absolute Gasteiger partial charge is 0.273 e. The highest BCUT2D eigenvalue weighted by molar-refractivity contribution is 6.30. The van der Waals surface area contributed by atoms with Crippen LogP contribution in [0.4, 0.5) is 0 Å². The van der Waals surface area contributed by atoms with Crippen molar-refractivity contribution < 1.29 is 9.90 Å². The molecular formula is C15H15ClN4O2. The van der Waals surface area contributed by atoms with Crippen LogP contribution in [0.25, 0.3) is 5.69 Å². The number of halogens is 1. The van der Waals surface area contributed by atoms with Crippen molar-refractivity contribution in [3.05, 3.63) is 53.3 Å². The maximum absolute atomic E-state index is 12.2. The van der Waals surface area contributed by atoms with E-state index in [-0.39, 0.29) is 30.2 Å². The predicted octanol–water partition coefficient (Wildman–Crippen LogP) is 1.59. The second-order valence-electron chi connectivity index (χ2n) is 5.14. The summed E-state index contributed by atoms with van der Waals surface area (Å²) in [4.78, 5) is 13.5. The summed E-state index contributed by atoms with van der Waals surface area (Å²) in [6, 6.07) is 6.99. The standard InChI is InChI=1S/C15H15ClN4O2/c16-11-2-1-3-13(7-11)20-17-8-14(19-20)15(22)18-12-5-4-10(6-12)9-21/h1-5,7-8,10,12,21H,6,9H2,(H,18,22)/t10-,12+/m0/s1. The van der Waals surface area contributed by atoms with Gasteiger partial charge in [0.1, 0.15) is 0 Å². The van der Waals surface area contributed by atoms with Crippen LogP contribution in [0.3, 0.4) is 0 Å². The molecule has 22 heavy (non-hydrogen) atoms. The van der Waals surface area contributed by atoms with Crippen molar-refractivity contribution in [2.24, 2.45) is 5.92 Å². The first kappa shape index (κ1) is 14.7. The van der Waals surface area contributed by atoms with Crippen molar-refractivity contribution in [1.82, 2.24) is 20.3 Å². The molecule has 3 rings (SSSR count). The largest absolute Gasteiger partial charge is 0.396 e. The molecule has 2 N–H and O–H groups in total. The molecule has 2 aromatic rings. The summed E-state index contributed by atoms with van der Waals surface area (Å²) in [6.07, 6.45) is 5.91. The van der Waals surface area contributed by atoms with Crippen LogP contribution >= 0.6 is 11.6 Å². The number of nitrogens with zero attached hydrogens (tertiary/aromatic N) is 3. The second-order valence-corrected chi connectivity index (χ2v) is 5.58. The fourth-order valence-electron chi connectivity index (χ4n) is 2.35. The summed E-state index contributed by atoms with van der Waals surface area (Å²) in [6.45, 7) is 0.0911. The number of aliphatic hydroxyl groups is 1. The number of amides is 1. The van der Waals surface area contributed by atoms with E-state index in [1.54, 1.807) is 24.3 Å². The SMILES string of the molecule is O=C(N[C@@H]1C=C[C@H](CO)C1)c1cnn(-c2cccc(Cl)c2)n1. The zero-order chi connectivity index (χ0) is 15.5. The second kappa shape index (κ2) is 6.29. The molecular weight excluding hydrogens is 304 g/mol. The lowest BCUT2D eigenvalue weighted by molar-refractivity contribution is 0.0935. The molecule has 0 spiro atoms. The minimum atomic E-state index is -0.290. The minimum Gasteiger partial charge on any atom is -0.396 e. The van der Waals surface area contributed by atoms with Crippen molar-refractivity contribution in [1.29, 1.82) is 0 Å². The van der Waals surface area contributed by atoms with Crippen LogP contribution in [0.2, 0.25) is 5.02 Å². The third-order valence-corrected chi connectivity index (χ3v) is 3.72. The van der Waals surface area contributed by atoms with Gasteiger partial charge in [-0.15, -0.1) is 5.10 Å². The number of nitrogens with one attached hydrogen (secondary N) is 1. The highest BCUT2D eigenvalue weighted by Gasteiger charge is 2.21. The van der Waals surface area contributed by atoms with Gasteiger partial charge in [0.2, 0.25) is 0 Å². The van der Waals surface area contributed by atoms with Crippen molar-refractivity contribution in [2.45, 2.75) is 12.5 Å². The Balaban J connectivity index is 1.69. The van der Waals surface area contributed by atoms with Crippen LogP contribution in [-0.4, -0.2) is 38.7 Å². The monoisotopic (exact) mass is 318 g/mol. The van der Waals surface area contributed by atoms with Gasteiger partial charge in [-0.05, 0) is 24.6 Å². The Morgan fingerprint density at radius 3 is 3.05 bits per heavy atom. The molecule has 1 aliphatic carbocycles. The van der Waals surface area contributed by atoms with Crippen LogP contribution < -0.4 is 5.32 Å². The van der Waals surface area contributed by atoms with Gasteiger partial charge >= 0.3 is 0 Å². The van der Waals surface area contributed by atoms with Crippen molar-refractivity contribution in [2.75, 3.05) is 6.61 Å². The molecule has 0 saturated heterocycles. The molecule has 0 bridgehead atoms. The third-order valence-electron chi connectivity index (χ3n) is 3.49. The van der Waals surface area contributed by atoms with E-state index in [0.29, 0.717) is 17.1 Å². The maximum atomic E-state index is 12.2. The number of benzene rings is 1. The van der Waals surface area contributed by atoms with Gasteiger partial charge in [-0.2, -0.15) is 9.90 Å². The van der Waals surface area contributed by atoms with E-state index < -0.39 is 0 Å². The highest BCUT2D eigenvalue weighted by atomic mass is 35.5. The van der Waals surface area contributed by atoms with Crippen molar-refractivity contribution >= 4 is 17.5 Å². The molecule has 1 aliphatic rings. The fraction of sp³-hybridized carbons (Fsp3) is 0.267. The number of carbonyl (C=O) groups is 1.